The van der Waals surface area contributed by atoms with Crippen LogP contribution in [0.5, 0.6) is 0 Å². The fourth-order valence-corrected chi connectivity index (χ4v) is 3.00. The van der Waals surface area contributed by atoms with Crippen LogP contribution in [0.25, 0.3) is 0 Å². The van der Waals surface area contributed by atoms with Gasteiger partial charge in [-0.1, -0.05) is 30.3 Å². The zero-order valence-electron chi connectivity index (χ0n) is 13.3. The van der Waals surface area contributed by atoms with Crippen LogP contribution in [0.2, 0.25) is 0 Å². The molecule has 4 rings (SSSR count). The number of anilines is 1. The Morgan fingerprint density at radius 3 is 2.42 bits per heavy atom. The van der Waals surface area contributed by atoms with Crippen LogP contribution in [0, 0.1) is 12.7 Å². The van der Waals surface area contributed by atoms with Gasteiger partial charge in [-0.15, -0.1) is 0 Å². The van der Waals surface area contributed by atoms with Crippen LogP contribution in [0.4, 0.5) is 10.1 Å². The largest absolute Gasteiger partial charge is 0.464 e. The minimum atomic E-state index is -0.240. The topological polar surface area (TPSA) is 28.7 Å². The molecule has 0 bridgehead atoms. The molecule has 0 amide bonds. The number of hydrazone groups is 1. The molecule has 0 aliphatic carbocycles. The van der Waals surface area contributed by atoms with Gasteiger partial charge in [0.05, 0.1) is 11.4 Å². The van der Waals surface area contributed by atoms with E-state index in [2.05, 4.69) is 0 Å². The fourth-order valence-electron chi connectivity index (χ4n) is 3.00. The van der Waals surface area contributed by atoms with Gasteiger partial charge in [-0.3, -0.25) is 5.01 Å². The van der Waals surface area contributed by atoms with E-state index in [0.29, 0.717) is 6.42 Å². The van der Waals surface area contributed by atoms with Crippen LogP contribution in [-0.4, -0.2) is 5.71 Å². The van der Waals surface area contributed by atoms with E-state index in [1.165, 1.54) is 12.1 Å². The monoisotopic (exact) mass is 320 g/mol. The minimum absolute atomic E-state index is 0.00107. The molecule has 0 unspecified atom stereocenters. The van der Waals surface area contributed by atoms with Crippen molar-refractivity contribution in [1.82, 2.24) is 0 Å². The molecule has 0 N–H and O–H groups in total. The molecule has 0 radical (unpaired) electrons. The number of furan rings is 1. The second-order valence-corrected chi connectivity index (χ2v) is 5.90. The molecule has 4 heteroatoms. The number of para-hydroxylation sites is 1. The molecular weight excluding hydrogens is 303 g/mol. The van der Waals surface area contributed by atoms with Gasteiger partial charge in [-0.05, 0) is 48.9 Å². The number of aryl methyl sites for hydroxylation is 1. The second-order valence-electron chi connectivity index (χ2n) is 5.90. The van der Waals surface area contributed by atoms with Crippen molar-refractivity contribution in [3.05, 3.63) is 89.6 Å². The maximum absolute atomic E-state index is 13.2. The fraction of sp³-hybridized carbons (Fsp3) is 0.150. The maximum Gasteiger partial charge on any atom is 0.129 e. The van der Waals surface area contributed by atoms with E-state index in [1.54, 1.807) is 12.1 Å². The Hall–Kier alpha value is -2.88. The molecule has 1 aliphatic rings. The third-order valence-electron chi connectivity index (χ3n) is 4.20. The number of hydrogen-bond acceptors (Lipinski definition) is 3. The van der Waals surface area contributed by atoms with E-state index >= 15 is 0 Å². The Bertz CT molecular complexity index is 868. The molecule has 1 atom stereocenters. The van der Waals surface area contributed by atoms with Gasteiger partial charge in [0.15, 0.2) is 0 Å². The van der Waals surface area contributed by atoms with Crippen LogP contribution in [-0.2, 0) is 0 Å². The number of hydrogen-bond donors (Lipinski definition) is 0. The predicted octanol–water partition coefficient (Wildman–Crippen LogP) is 5.08. The highest BCUT2D eigenvalue weighted by Crippen LogP contribution is 2.37. The standard InChI is InChI=1S/C20H17FN2O/c1-14-7-12-20(24-14)19-13-18(15-8-10-16(21)11-9-15)22-23(19)17-5-3-2-4-6-17/h2-12,19H,13H2,1H3/t19-/m0/s1. The summed E-state index contributed by atoms with van der Waals surface area (Å²) in [5.41, 5.74) is 2.87. The first-order chi connectivity index (χ1) is 11.7. The maximum atomic E-state index is 13.2. The first-order valence-corrected chi connectivity index (χ1v) is 7.95. The molecule has 3 nitrogen and oxygen atoms in total. The van der Waals surface area contributed by atoms with Crippen molar-refractivity contribution < 1.29 is 8.81 Å². The van der Waals surface area contributed by atoms with Crippen molar-refractivity contribution in [1.29, 1.82) is 0 Å². The van der Waals surface area contributed by atoms with Crippen molar-refractivity contribution in [2.45, 2.75) is 19.4 Å². The van der Waals surface area contributed by atoms with Gasteiger partial charge < -0.3 is 4.42 Å². The molecule has 0 saturated carbocycles. The Kier molecular flexibility index (Phi) is 3.65. The predicted molar refractivity (Wildman–Crippen MR) is 92.7 cm³/mol. The van der Waals surface area contributed by atoms with Gasteiger partial charge in [0.25, 0.3) is 0 Å². The highest BCUT2D eigenvalue weighted by molar-refractivity contribution is 6.03. The van der Waals surface area contributed by atoms with E-state index in [1.807, 2.05) is 54.4 Å². The first kappa shape index (κ1) is 14.7. The lowest BCUT2D eigenvalue weighted by Gasteiger charge is -2.21. The van der Waals surface area contributed by atoms with Crippen molar-refractivity contribution >= 4 is 11.4 Å². The van der Waals surface area contributed by atoms with E-state index < -0.39 is 0 Å². The van der Waals surface area contributed by atoms with Crippen molar-refractivity contribution in [3.63, 3.8) is 0 Å². The van der Waals surface area contributed by atoms with E-state index in [-0.39, 0.29) is 11.9 Å². The molecule has 0 spiro atoms. The molecular formula is C20H17FN2O. The van der Waals surface area contributed by atoms with E-state index in [4.69, 9.17) is 9.52 Å². The van der Waals surface area contributed by atoms with Crippen LogP contribution in [0.1, 0.15) is 29.5 Å². The molecule has 0 fully saturated rings. The summed E-state index contributed by atoms with van der Waals surface area (Å²) in [6.07, 6.45) is 0.716. The summed E-state index contributed by atoms with van der Waals surface area (Å²) in [4.78, 5) is 0. The molecule has 120 valence electrons. The van der Waals surface area contributed by atoms with Gasteiger partial charge >= 0.3 is 0 Å². The highest BCUT2D eigenvalue weighted by Gasteiger charge is 2.31. The van der Waals surface area contributed by atoms with Crippen molar-refractivity contribution in [2.75, 3.05) is 5.01 Å². The van der Waals surface area contributed by atoms with E-state index in [0.717, 1.165) is 28.5 Å². The summed E-state index contributed by atoms with van der Waals surface area (Å²) in [5.74, 6) is 1.53. The second kappa shape index (κ2) is 5.96. The Balaban J connectivity index is 1.74. The SMILES string of the molecule is Cc1ccc([C@@H]2CC(c3ccc(F)cc3)=NN2c2ccccc2)o1. The zero-order valence-corrected chi connectivity index (χ0v) is 13.3. The molecule has 2 aromatic carbocycles. The number of benzene rings is 2. The first-order valence-electron chi connectivity index (χ1n) is 7.95. The van der Waals surface area contributed by atoms with Crippen molar-refractivity contribution in [2.24, 2.45) is 5.10 Å². The number of halogens is 1. The average Bonchev–Trinajstić information content (AvgIpc) is 3.23. The average molecular weight is 320 g/mol. The third-order valence-corrected chi connectivity index (χ3v) is 4.20. The quantitative estimate of drug-likeness (QED) is 0.673. The molecule has 2 heterocycles. The van der Waals surface area contributed by atoms with E-state index in [9.17, 15) is 4.39 Å². The van der Waals surface area contributed by atoms with Crippen molar-refractivity contribution in [3.8, 4) is 0 Å². The Morgan fingerprint density at radius 2 is 1.75 bits per heavy atom. The molecule has 0 saturated heterocycles. The molecule has 3 aromatic rings. The smallest absolute Gasteiger partial charge is 0.129 e. The van der Waals surface area contributed by atoms with Crippen LogP contribution >= 0.6 is 0 Å². The normalized spacial score (nSPS) is 17.2. The Labute approximate surface area is 140 Å². The van der Waals surface area contributed by atoms with Gasteiger partial charge in [-0.2, -0.15) is 5.10 Å². The summed E-state index contributed by atoms with van der Waals surface area (Å²) >= 11 is 0. The summed E-state index contributed by atoms with van der Waals surface area (Å²) in [6.45, 7) is 1.94. The summed E-state index contributed by atoms with van der Waals surface area (Å²) in [5, 5.41) is 6.78. The van der Waals surface area contributed by atoms with Crippen LogP contribution in [0.3, 0.4) is 0 Å². The van der Waals surface area contributed by atoms with Gasteiger partial charge in [0.2, 0.25) is 0 Å². The zero-order chi connectivity index (χ0) is 16.5. The van der Waals surface area contributed by atoms with Gasteiger partial charge in [-0.25, -0.2) is 4.39 Å². The summed E-state index contributed by atoms with van der Waals surface area (Å²) in [6, 6.07) is 20.5. The third kappa shape index (κ3) is 2.71. The van der Waals surface area contributed by atoms with Crippen LogP contribution < -0.4 is 5.01 Å². The lowest BCUT2D eigenvalue weighted by atomic mass is 10.0. The number of nitrogens with zero attached hydrogens (tertiary/aromatic N) is 2. The lowest BCUT2D eigenvalue weighted by molar-refractivity contribution is 0.445. The Morgan fingerprint density at radius 1 is 1.00 bits per heavy atom. The minimum Gasteiger partial charge on any atom is -0.464 e. The molecule has 1 aliphatic heterocycles. The summed E-state index contributed by atoms with van der Waals surface area (Å²) in [7, 11) is 0. The highest BCUT2D eigenvalue weighted by atomic mass is 19.1. The molecule has 24 heavy (non-hydrogen) atoms. The lowest BCUT2D eigenvalue weighted by Crippen LogP contribution is -2.17. The van der Waals surface area contributed by atoms with Gasteiger partial charge in [0, 0.05) is 6.42 Å². The summed E-state index contributed by atoms with van der Waals surface area (Å²) < 4.78 is 19.0. The van der Waals surface area contributed by atoms with Gasteiger partial charge in [0.1, 0.15) is 23.4 Å². The number of rotatable bonds is 3. The van der Waals surface area contributed by atoms with Crippen LogP contribution in [0.15, 0.2) is 76.2 Å². The molecule has 1 aromatic heterocycles.